The van der Waals surface area contributed by atoms with E-state index >= 15 is 0 Å². The smallest absolute Gasteiger partial charge is 0.230 e. The molecule has 3 nitrogen and oxygen atoms in total. The second kappa shape index (κ2) is 8.20. The van der Waals surface area contributed by atoms with Crippen molar-refractivity contribution in [3.63, 3.8) is 0 Å². The third-order valence-corrected chi connectivity index (χ3v) is 4.90. The monoisotopic (exact) mass is 344 g/mol. The second-order valence-corrected chi connectivity index (χ2v) is 6.40. The summed E-state index contributed by atoms with van der Waals surface area (Å²) in [4.78, 5) is 12.9. The van der Waals surface area contributed by atoms with Gasteiger partial charge in [-0.05, 0) is 42.5 Å². The number of halogens is 1. The van der Waals surface area contributed by atoms with Crippen molar-refractivity contribution >= 4 is 24.0 Å². The number of benzene rings is 2. The second-order valence-electron chi connectivity index (χ2n) is 6.40. The topological polar surface area (TPSA) is 55.1 Å². The molecule has 1 aliphatic carbocycles. The van der Waals surface area contributed by atoms with Crippen LogP contribution in [-0.2, 0) is 16.6 Å². The van der Waals surface area contributed by atoms with Gasteiger partial charge >= 0.3 is 0 Å². The molecule has 2 aromatic carbocycles. The van der Waals surface area contributed by atoms with E-state index in [2.05, 4.69) is 17.4 Å². The molecule has 4 heteroatoms. The number of hydrogen-bond acceptors (Lipinski definition) is 2. The van der Waals surface area contributed by atoms with E-state index in [1.807, 2.05) is 42.5 Å². The van der Waals surface area contributed by atoms with Gasteiger partial charge in [-0.25, -0.2) is 0 Å². The van der Waals surface area contributed by atoms with E-state index < -0.39 is 0 Å². The molecule has 3 rings (SSSR count). The van der Waals surface area contributed by atoms with Gasteiger partial charge < -0.3 is 11.1 Å². The van der Waals surface area contributed by atoms with Crippen molar-refractivity contribution in [2.24, 2.45) is 0 Å². The summed E-state index contributed by atoms with van der Waals surface area (Å²) in [5.41, 5.74) is 8.49. The van der Waals surface area contributed by atoms with E-state index in [1.165, 1.54) is 5.56 Å². The normalized spacial score (nSPS) is 15.5. The molecule has 1 aliphatic rings. The number of rotatable bonds is 5. The Bertz CT molecular complexity index is 649. The predicted molar refractivity (Wildman–Crippen MR) is 101 cm³/mol. The van der Waals surface area contributed by atoms with Crippen LogP contribution in [0.4, 0.5) is 5.69 Å². The Labute approximate surface area is 150 Å². The fraction of sp³-hybridized carbons (Fsp3) is 0.350. The number of carbonyl (C=O) groups is 1. The molecule has 0 aliphatic heterocycles. The summed E-state index contributed by atoms with van der Waals surface area (Å²) in [6.07, 6.45) is 4.98. The zero-order chi connectivity index (χ0) is 16.1. The molecule has 0 saturated heterocycles. The van der Waals surface area contributed by atoms with Crippen molar-refractivity contribution in [3.8, 4) is 0 Å². The van der Waals surface area contributed by atoms with Crippen LogP contribution in [0, 0.1) is 0 Å². The largest absolute Gasteiger partial charge is 0.399 e. The van der Waals surface area contributed by atoms with Crippen molar-refractivity contribution in [2.75, 3.05) is 12.3 Å². The molecule has 0 spiro atoms. The lowest BCUT2D eigenvalue weighted by Gasteiger charge is -2.28. The van der Waals surface area contributed by atoms with Crippen LogP contribution in [0.3, 0.4) is 0 Å². The minimum atomic E-state index is -0.331. The molecule has 2 aromatic rings. The summed E-state index contributed by atoms with van der Waals surface area (Å²) in [6.45, 7) is 0.664. The summed E-state index contributed by atoms with van der Waals surface area (Å²) < 4.78 is 0. The van der Waals surface area contributed by atoms with E-state index in [4.69, 9.17) is 5.73 Å². The van der Waals surface area contributed by atoms with Crippen molar-refractivity contribution < 1.29 is 4.79 Å². The van der Waals surface area contributed by atoms with Crippen molar-refractivity contribution in [1.29, 1.82) is 0 Å². The van der Waals surface area contributed by atoms with E-state index in [1.54, 1.807) is 0 Å². The Morgan fingerprint density at radius 2 is 1.62 bits per heavy atom. The maximum atomic E-state index is 12.9. The minimum absolute atomic E-state index is 0. The van der Waals surface area contributed by atoms with Gasteiger partial charge in [0.05, 0.1) is 5.41 Å². The average molecular weight is 345 g/mol. The van der Waals surface area contributed by atoms with E-state index in [9.17, 15) is 4.79 Å². The Morgan fingerprint density at radius 1 is 1.00 bits per heavy atom. The van der Waals surface area contributed by atoms with Crippen molar-refractivity contribution in [1.82, 2.24) is 5.32 Å². The van der Waals surface area contributed by atoms with Gasteiger partial charge in [-0.3, -0.25) is 4.79 Å². The van der Waals surface area contributed by atoms with Gasteiger partial charge in [-0.15, -0.1) is 12.4 Å². The molecule has 0 atom stereocenters. The highest BCUT2D eigenvalue weighted by Crippen LogP contribution is 2.41. The SMILES string of the molecule is Cl.Nc1ccc(CCNC(=O)C2(c3ccccc3)CCCC2)cc1. The molecule has 1 saturated carbocycles. The molecule has 1 amide bonds. The number of anilines is 1. The number of nitrogens with two attached hydrogens (primary N) is 1. The van der Waals surface area contributed by atoms with Gasteiger partial charge in [0, 0.05) is 12.2 Å². The van der Waals surface area contributed by atoms with Crippen LogP contribution >= 0.6 is 12.4 Å². The molecule has 1 fully saturated rings. The number of carbonyl (C=O) groups excluding carboxylic acids is 1. The highest BCUT2D eigenvalue weighted by atomic mass is 35.5. The number of nitrogen functional groups attached to an aromatic ring is 1. The maximum absolute atomic E-state index is 12.9. The van der Waals surface area contributed by atoms with Gasteiger partial charge in [0.25, 0.3) is 0 Å². The summed E-state index contributed by atoms with van der Waals surface area (Å²) >= 11 is 0. The Kier molecular flexibility index (Phi) is 6.27. The fourth-order valence-corrected chi connectivity index (χ4v) is 3.56. The standard InChI is InChI=1S/C20H24N2O.ClH/c21-18-10-8-16(9-11-18)12-15-22-19(23)20(13-4-5-14-20)17-6-2-1-3-7-17;/h1-3,6-11H,4-5,12-15,21H2,(H,22,23);1H. The zero-order valence-corrected chi connectivity index (χ0v) is 14.6. The van der Waals surface area contributed by atoms with E-state index in [-0.39, 0.29) is 23.7 Å². The molecular weight excluding hydrogens is 320 g/mol. The van der Waals surface area contributed by atoms with Gasteiger partial charge in [0.2, 0.25) is 5.91 Å². The zero-order valence-electron chi connectivity index (χ0n) is 13.8. The first kappa shape index (κ1) is 18.3. The van der Waals surface area contributed by atoms with Crippen LogP contribution in [0.1, 0.15) is 36.8 Å². The Morgan fingerprint density at radius 3 is 2.25 bits per heavy atom. The van der Waals surface area contributed by atoms with Crippen LogP contribution in [0.25, 0.3) is 0 Å². The van der Waals surface area contributed by atoms with Crippen LogP contribution < -0.4 is 11.1 Å². The molecule has 3 N–H and O–H groups in total. The summed E-state index contributed by atoms with van der Waals surface area (Å²) in [7, 11) is 0. The minimum Gasteiger partial charge on any atom is -0.399 e. The highest BCUT2D eigenvalue weighted by molar-refractivity contribution is 5.88. The predicted octanol–water partition coefficient (Wildman–Crippen LogP) is 3.86. The van der Waals surface area contributed by atoms with Gasteiger partial charge in [-0.1, -0.05) is 55.3 Å². The first-order chi connectivity index (χ1) is 11.2. The molecule has 0 radical (unpaired) electrons. The average Bonchev–Trinajstić information content (AvgIpc) is 3.08. The first-order valence-electron chi connectivity index (χ1n) is 8.39. The molecule has 128 valence electrons. The molecular formula is C20H25ClN2O. The fourth-order valence-electron chi connectivity index (χ4n) is 3.56. The Balaban J connectivity index is 0.00000208. The summed E-state index contributed by atoms with van der Waals surface area (Å²) in [6, 6.07) is 18.1. The van der Waals surface area contributed by atoms with Gasteiger partial charge in [0.15, 0.2) is 0 Å². The summed E-state index contributed by atoms with van der Waals surface area (Å²) in [5, 5.41) is 3.16. The molecule has 24 heavy (non-hydrogen) atoms. The van der Waals surface area contributed by atoms with E-state index in [0.717, 1.165) is 43.4 Å². The molecule has 0 heterocycles. The van der Waals surface area contributed by atoms with Crippen LogP contribution in [0.15, 0.2) is 54.6 Å². The first-order valence-corrected chi connectivity index (χ1v) is 8.39. The van der Waals surface area contributed by atoms with Crippen molar-refractivity contribution in [3.05, 3.63) is 65.7 Å². The summed E-state index contributed by atoms with van der Waals surface area (Å²) in [5.74, 6) is 0.177. The molecule has 0 aromatic heterocycles. The number of hydrogen-bond donors (Lipinski definition) is 2. The van der Waals surface area contributed by atoms with E-state index in [0.29, 0.717) is 6.54 Å². The van der Waals surface area contributed by atoms with Crippen LogP contribution in [0.5, 0.6) is 0 Å². The maximum Gasteiger partial charge on any atom is 0.230 e. The third kappa shape index (κ3) is 3.90. The number of nitrogens with one attached hydrogen (secondary N) is 1. The van der Waals surface area contributed by atoms with Crippen molar-refractivity contribution in [2.45, 2.75) is 37.5 Å². The molecule has 0 bridgehead atoms. The lowest BCUT2D eigenvalue weighted by molar-refractivity contribution is -0.126. The highest BCUT2D eigenvalue weighted by Gasteiger charge is 2.42. The van der Waals surface area contributed by atoms with Gasteiger partial charge in [0.1, 0.15) is 0 Å². The van der Waals surface area contributed by atoms with Crippen LogP contribution in [0.2, 0.25) is 0 Å². The lowest BCUT2D eigenvalue weighted by Crippen LogP contribution is -2.43. The van der Waals surface area contributed by atoms with Gasteiger partial charge in [-0.2, -0.15) is 0 Å². The van der Waals surface area contributed by atoms with Crippen LogP contribution in [-0.4, -0.2) is 12.5 Å². The Hall–Kier alpha value is -2.00. The molecule has 0 unspecified atom stereocenters. The number of amides is 1. The lowest BCUT2D eigenvalue weighted by atomic mass is 9.78. The third-order valence-electron chi connectivity index (χ3n) is 4.90. The quantitative estimate of drug-likeness (QED) is 0.809.